The van der Waals surface area contributed by atoms with Gasteiger partial charge < -0.3 is 20.5 Å². The van der Waals surface area contributed by atoms with E-state index in [4.69, 9.17) is 15.2 Å². The van der Waals surface area contributed by atoms with Crippen LogP contribution >= 0.6 is 0 Å². The van der Waals surface area contributed by atoms with E-state index in [1.54, 1.807) is 19.1 Å². The first kappa shape index (κ1) is 16.5. The molecule has 0 aromatic heterocycles. The van der Waals surface area contributed by atoms with Crippen LogP contribution in [0.2, 0.25) is 0 Å². The molecule has 7 heteroatoms. The van der Waals surface area contributed by atoms with Gasteiger partial charge in [0.1, 0.15) is 12.6 Å². The predicted octanol–water partition coefficient (Wildman–Crippen LogP) is 0.720. The largest absolute Gasteiger partial charge is 0.466 e. The van der Waals surface area contributed by atoms with Gasteiger partial charge in [0.25, 0.3) is 0 Å². The Balaban J connectivity index is 2.45. The van der Waals surface area contributed by atoms with Crippen LogP contribution in [0.25, 0.3) is 0 Å². The number of rotatable bonds is 7. The van der Waals surface area contributed by atoms with Crippen LogP contribution in [0.1, 0.15) is 18.9 Å². The molecule has 0 aliphatic carbocycles. The summed E-state index contributed by atoms with van der Waals surface area (Å²) >= 11 is 0. The highest BCUT2D eigenvalue weighted by atomic mass is 16.5. The van der Waals surface area contributed by atoms with Crippen LogP contribution in [0.3, 0.4) is 0 Å². The lowest BCUT2D eigenvalue weighted by atomic mass is 10.2. The third-order valence-corrected chi connectivity index (χ3v) is 2.52. The van der Waals surface area contributed by atoms with Gasteiger partial charge in [0.05, 0.1) is 13.0 Å². The first-order valence-electron chi connectivity index (χ1n) is 6.45. The molecule has 0 aliphatic rings. The van der Waals surface area contributed by atoms with Gasteiger partial charge in [-0.15, -0.1) is 0 Å². The highest BCUT2D eigenvalue weighted by Gasteiger charge is 2.22. The lowest BCUT2D eigenvalue weighted by molar-refractivity contribution is -0.145. The van der Waals surface area contributed by atoms with Crippen LogP contribution in [0, 0.1) is 0 Å². The molecule has 0 aliphatic heterocycles. The fourth-order valence-corrected chi connectivity index (χ4v) is 1.52. The smallest absolute Gasteiger partial charge is 0.408 e. The molecule has 0 saturated carbocycles. The van der Waals surface area contributed by atoms with Crippen molar-refractivity contribution < 1.29 is 23.9 Å². The Labute approximate surface area is 122 Å². The highest BCUT2D eigenvalue weighted by Crippen LogP contribution is 2.01. The number of amides is 2. The normalized spacial score (nSPS) is 11.3. The molecule has 3 N–H and O–H groups in total. The maximum absolute atomic E-state index is 11.6. The summed E-state index contributed by atoms with van der Waals surface area (Å²) in [6.07, 6.45) is -1.16. The molecular formula is C14H18N2O5. The van der Waals surface area contributed by atoms with Crippen molar-refractivity contribution in [2.45, 2.75) is 26.0 Å². The van der Waals surface area contributed by atoms with E-state index in [-0.39, 0.29) is 19.6 Å². The third-order valence-electron chi connectivity index (χ3n) is 2.52. The standard InChI is InChI=1S/C14H18N2O5/c1-2-20-12(17)8-11(13(15)18)16-14(19)21-9-10-6-4-3-5-7-10/h3-7,11H,2,8-9H2,1H3,(H2,15,18)(H,16,19). The molecule has 2 amide bonds. The molecule has 0 spiro atoms. The van der Waals surface area contributed by atoms with E-state index in [1.165, 1.54) is 0 Å². The average Bonchev–Trinajstić information content (AvgIpc) is 2.45. The number of carbonyl (C=O) groups excluding carboxylic acids is 3. The number of hydrogen-bond donors (Lipinski definition) is 2. The van der Waals surface area contributed by atoms with E-state index in [0.717, 1.165) is 5.56 Å². The van der Waals surface area contributed by atoms with Crippen molar-refractivity contribution in [1.82, 2.24) is 5.32 Å². The van der Waals surface area contributed by atoms with E-state index >= 15 is 0 Å². The van der Waals surface area contributed by atoms with Gasteiger partial charge in [-0.3, -0.25) is 9.59 Å². The van der Waals surface area contributed by atoms with Crippen molar-refractivity contribution >= 4 is 18.0 Å². The van der Waals surface area contributed by atoms with Crippen molar-refractivity contribution in [3.05, 3.63) is 35.9 Å². The zero-order valence-electron chi connectivity index (χ0n) is 11.7. The van der Waals surface area contributed by atoms with Crippen molar-refractivity contribution in [3.63, 3.8) is 0 Å². The Bertz CT molecular complexity index is 489. The van der Waals surface area contributed by atoms with Crippen molar-refractivity contribution in [1.29, 1.82) is 0 Å². The summed E-state index contributed by atoms with van der Waals surface area (Å²) in [5, 5.41) is 2.24. The molecule has 0 bridgehead atoms. The van der Waals surface area contributed by atoms with Gasteiger partial charge >= 0.3 is 12.1 Å². The lowest BCUT2D eigenvalue weighted by Crippen LogP contribution is -2.46. The van der Waals surface area contributed by atoms with Gasteiger partial charge in [0.2, 0.25) is 5.91 Å². The van der Waals surface area contributed by atoms with Crippen LogP contribution in [0.5, 0.6) is 0 Å². The Morgan fingerprint density at radius 3 is 2.43 bits per heavy atom. The molecule has 0 saturated heterocycles. The quantitative estimate of drug-likeness (QED) is 0.720. The Morgan fingerprint density at radius 2 is 1.86 bits per heavy atom. The average molecular weight is 294 g/mol. The molecule has 7 nitrogen and oxygen atoms in total. The molecule has 0 fully saturated rings. The van der Waals surface area contributed by atoms with Crippen LogP contribution in [0.15, 0.2) is 30.3 Å². The SMILES string of the molecule is CCOC(=O)CC(NC(=O)OCc1ccccc1)C(N)=O. The number of ether oxygens (including phenoxy) is 2. The molecule has 21 heavy (non-hydrogen) atoms. The summed E-state index contributed by atoms with van der Waals surface area (Å²) in [5.74, 6) is -1.45. The van der Waals surface area contributed by atoms with Gasteiger partial charge in [-0.05, 0) is 12.5 Å². The Kier molecular flexibility index (Phi) is 6.73. The molecule has 1 rings (SSSR count). The predicted molar refractivity (Wildman–Crippen MR) is 74.0 cm³/mol. The summed E-state index contributed by atoms with van der Waals surface area (Å²) in [5.41, 5.74) is 5.92. The summed E-state index contributed by atoms with van der Waals surface area (Å²) < 4.78 is 9.63. The fraction of sp³-hybridized carbons (Fsp3) is 0.357. The van der Waals surface area contributed by atoms with Gasteiger partial charge in [-0.1, -0.05) is 30.3 Å². The zero-order chi connectivity index (χ0) is 15.7. The second-order valence-corrected chi connectivity index (χ2v) is 4.17. The summed E-state index contributed by atoms with van der Waals surface area (Å²) in [4.78, 5) is 34.1. The molecule has 1 unspecified atom stereocenters. The first-order chi connectivity index (χ1) is 10.0. The lowest BCUT2D eigenvalue weighted by Gasteiger charge is -2.14. The van der Waals surface area contributed by atoms with Crippen molar-refractivity contribution in [2.24, 2.45) is 5.73 Å². The molecule has 0 radical (unpaired) electrons. The van der Waals surface area contributed by atoms with E-state index in [0.29, 0.717) is 0 Å². The molecule has 1 aromatic rings. The number of benzene rings is 1. The zero-order valence-corrected chi connectivity index (χ0v) is 11.7. The van der Waals surface area contributed by atoms with Crippen molar-refractivity contribution in [2.75, 3.05) is 6.61 Å². The van der Waals surface area contributed by atoms with E-state index in [2.05, 4.69) is 5.32 Å². The van der Waals surface area contributed by atoms with Gasteiger partial charge in [-0.25, -0.2) is 4.79 Å². The number of carbonyl (C=O) groups is 3. The molecule has 1 aromatic carbocycles. The van der Waals surface area contributed by atoms with Crippen LogP contribution < -0.4 is 11.1 Å². The third kappa shape index (κ3) is 6.42. The number of hydrogen-bond acceptors (Lipinski definition) is 5. The monoisotopic (exact) mass is 294 g/mol. The van der Waals surface area contributed by atoms with E-state index in [9.17, 15) is 14.4 Å². The topological polar surface area (TPSA) is 108 Å². The molecular weight excluding hydrogens is 276 g/mol. The van der Waals surface area contributed by atoms with Crippen molar-refractivity contribution in [3.8, 4) is 0 Å². The number of nitrogens with one attached hydrogen (secondary N) is 1. The summed E-state index contributed by atoms with van der Waals surface area (Å²) in [6.45, 7) is 1.87. The second kappa shape index (κ2) is 8.57. The highest BCUT2D eigenvalue weighted by molar-refractivity contribution is 5.88. The number of alkyl carbamates (subject to hydrolysis) is 1. The van der Waals surface area contributed by atoms with E-state index in [1.807, 2.05) is 18.2 Å². The first-order valence-corrected chi connectivity index (χ1v) is 6.45. The van der Waals surface area contributed by atoms with Crippen LogP contribution in [0.4, 0.5) is 4.79 Å². The van der Waals surface area contributed by atoms with E-state index < -0.39 is 24.0 Å². The minimum absolute atomic E-state index is 0.0531. The maximum atomic E-state index is 11.6. The number of esters is 1. The van der Waals surface area contributed by atoms with Crippen LogP contribution in [-0.2, 0) is 25.7 Å². The molecule has 114 valence electrons. The van der Waals surface area contributed by atoms with Gasteiger partial charge in [0, 0.05) is 0 Å². The Hall–Kier alpha value is -2.57. The van der Waals surface area contributed by atoms with Crippen LogP contribution in [-0.4, -0.2) is 30.6 Å². The minimum Gasteiger partial charge on any atom is -0.466 e. The molecule has 0 heterocycles. The summed E-state index contributed by atoms with van der Waals surface area (Å²) in [6, 6.07) is 7.88. The second-order valence-electron chi connectivity index (χ2n) is 4.17. The van der Waals surface area contributed by atoms with Gasteiger partial charge in [0.15, 0.2) is 0 Å². The van der Waals surface area contributed by atoms with Gasteiger partial charge in [-0.2, -0.15) is 0 Å². The fourth-order valence-electron chi connectivity index (χ4n) is 1.52. The molecule has 1 atom stereocenters. The summed E-state index contributed by atoms with van der Waals surface area (Å²) in [7, 11) is 0. The maximum Gasteiger partial charge on any atom is 0.408 e. The number of nitrogens with two attached hydrogens (primary N) is 1. The minimum atomic E-state index is -1.16. The number of primary amides is 1. The Morgan fingerprint density at radius 1 is 1.19 bits per heavy atom.